The van der Waals surface area contributed by atoms with Crippen LogP contribution in [-0.4, -0.2) is 16.2 Å². The summed E-state index contributed by atoms with van der Waals surface area (Å²) in [6.07, 6.45) is 1.51. The SMILES string of the molecule is O=[N+]([O-])c1cc(C=Nc2cccc(Br)c2)ccc1O. The van der Waals surface area contributed by atoms with Gasteiger partial charge in [0, 0.05) is 16.8 Å². The van der Waals surface area contributed by atoms with E-state index in [1.54, 1.807) is 6.07 Å². The van der Waals surface area contributed by atoms with Crippen LogP contribution in [-0.2, 0) is 0 Å². The summed E-state index contributed by atoms with van der Waals surface area (Å²) in [5.74, 6) is -0.357. The third-order valence-corrected chi connectivity index (χ3v) is 2.86. The lowest BCUT2D eigenvalue weighted by molar-refractivity contribution is -0.385. The first-order chi connectivity index (χ1) is 9.06. The highest BCUT2D eigenvalue weighted by Crippen LogP contribution is 2.26. The molecule has 19 heavy (non-hydrogen) atoms. The maximum Gasteiger partial charge on any atom is 0.311 e. The van der Waals surface area contributed by atoms with Crippen LogP contribution in [0.4, 0.5) is 11.4 Å². The van der Waals surface area contributed by atoms with Gasteiger partial charge in [-0.25, -0.2) is 0 Å². The van der Waals surface area contributed by atoms with Crippen LogP contribution in [0.3, 0.4) is 0 Å². The molecule has 2 aromatic rings. The zero-order chi connectivity index (χ0) is 13.8. The van der Waals surface area contributed by atoms with Crippen LogP contribution < -0.4 is 0 Å². The van der Waals surface area contributed by atoms with Gasteiger partial charge in [-0.2, -0.15) is 0 Å². The van der Waals surface area contributed by atoms with Crippen molar-refractivity contribution in [3.63, 3.8) is 0 Å². The Labute approximate surface area is 117 Å². The summed E-state index contributed by atoms with van der Waals surface area (Å²) < 4.78 is 0.902. The van der Waals surface area contributed by atoms with Crippen molar-refractivity contribution in [2.45, 2.75) is 0 Å². The molecule has 0 fully saturated rings. The van der Waals surface area contributed by atoms with Crippen molar-refractivity contribution in [3.8, 4) is 5.75 Å². The van der Waals surface area contributed by atoms with E-state index in [-0.39, 0.29) is 11.4 Å². The maximum absolute atomic E-state index is 10.7. The monoisotopic (exact) mass is 320 g/mol. The molecule has 0 unspecified atom stereocenters. The topological polar surface area (TPSA) is 75.7 Å². The lowest BCUT2D eigenvalue weighted by Crippen LogP contribution is -1.90. The predicted molar refractivity (Wildman–Crippen MR) is 76.2 cm³/mol. The molecule has 2 rings (SSSR count). The van der Waals surface area contributed by atoms with Crippen LogP contribution in [0.25, 0.3) is 0 Å². The standard InChI is InChI=1S/C13H9BrN2O3/c14-10-2-1-3-11(7-10)15-8-9-4-5-13(17)12(6-9)16(18)19/h1-8,17H. The highest BCUT2D eigenvalue weighted by Gasteiger charge is 2.12. The lowest BCUT2D eigenvalue weighted by Gasteiger charge is -1.98. The summed E-state index contributed by atoms with van der Waals surface area (Å²) in [5.41, 5.74) is 0.938. The van der Waals surface area contributed by atoms with Gasteiger partial charge in [-0.1, -0.05) is 22.0 Å². The van der Waals surface area contributed by atoms with E-state index >= 15 is 0 Å². The fourth-order valence-corrected chi connectivity index (χ4v) is 1.86. The van der Waals surface area contributed by atoms with Gasteiger partial charge in [-0.3, -0.25) is 15.1 Å². The average Bonchev–Trinajstić information content (AvgIpc) is 2.37. The number of phenols is 1. The van der Waals surface area contributed by atoms with Gasteiger partial charge in [-0.05, 0) is 35.9 Å². The van der Waals surface area contributed by atoms with Gasteiger partial charge in [0.1, 0.15) is 0 Å². The van der Waals surface area contributed by atoms with E-state index < -0.39 is 4.92 Å². The van der Waals surface area contributed by atoms with E-state index in [4.69, 9.17) is 0 Å². The lowest BCUT2D eigenvalue weighted by atomic mass is 10.2. The molecule has 0 saturated carbocycles. The number of rotatable bonds is 3. The molecule has 0 amide bonds. The minimum Gasteiger partial charge on any atom is -0.502 e. The van der Waals surface area contributed by atoms with Crippen molar-refractivity contribution in [1.82, 2.24) is 0 Å². The molecule has 0 aliphatic rings. The van der Waals surface area contributed by atoms with E-state index in [9.17, 15) is 15.2 Å². The van der Waals surface area contributed by atoms with E-state index in [0.29, 0.717) is 5.56 Å². The molecular formula is C13H9BrN2O3. The number of hydrogen-bond acceptors (Lipinski definition) is 4. The van der Waals surface area contributed by atoms with E-state index in [2.05, 4.69) is 20.9 Å². The van der Waals surface area contributed by atoms with Crippen LogP contribution in [0, 0.1) is 10.1 Å². The molecule has 0 saturated heterocycles. The number of phenolic OH excluding ortho intramolecular Hbond substituents is 1. The Bertz CT molecular complexity index is 656. The Morgan fingerprint density at radius 3 is 2.74 bits per heavy atom. The van der Waals surface area contributed by atoms with E-state index in [0.717, 1.165) is 10.2 Å². The molecule has 0 heterocycles. The number of nitrogens with zero attached hydrogens (tertiary/aromatic N) is 2. The van der Waals surface area contributed by atoms with Crippen LogP contribution in [0.2, 0.25) is 0 Å². The first kappa shape index (κ1) is 13.2. The van der Waals surface area contributed by atoms with E-state index in [1.807, 2.05) is 24.3 Å². The first-order valence-corrected chi connectivity index (χ1v) is 6.12. The zero-order valence-electron chi connectivity index (χ0n) is 9.65. The Kier molecular flexibility index (Phi) is 3.91. The molecule has 0 aliphatic carbocycles. The number of aromatic hydroxyl groups is 1. The molecule has 96 valence electrons. The van der Waals surface area contributed by atoms with Crippen LogP contribution in [0.1, 0.15) is 5.56 Å². The van der Waals surface area contributed by atoms with Crippen molar-refractivity contribution >= 4 is 33.5 Å². The Balaban J connectivity index is 2.29. The Morgan fingerprint density at radius 1 is 1.26 bits per heavy atom. The minimum atomic E-state index is -0.633. The first-order valence-electron chi connectivity index (χ1n) is 5.33. The Hall–Kier alpha value is -2.21. The van der Waals surface area contributed by atoms with Crippen LogP contribution >= 0.6 is 15.9 Å². The molecule has 0 bridgehead atoms. The number of nitro benzene ring substituents is 1. The fourth-order valence-electron chi connectivity index (χ4n) is 1.47. The smallest absolute Gasteiger partial charge is 0.311 e. The van der Waals surface area contributed by atoms with Gasteiger partial charge in [0.15, 0.2) is 5.75 Å². The number of aliphatic imine (C=N–C) groups is 1. The summed E-state index contributed by atoms with van der Waals surface area (Å²) in [5, 5.41) is 20.0. The van der Waals surface area contributed by atoms with Gasteiger partial charge in [0.2, 0.25) is 0 Å². The van der Waals surface area contributed by atoms with E-state index in [1.165, 1.54) is 18.3 Å². The second kappa shape index (κ2) is 5.62. The zero-order valence-corrected chi connectivity index (χ0v) is 11.2. The van der Waals surface area contributed by atoms with Crippen molar-refractivity contribution in [3.05, 3.63) is 62.6 Å². The average molecular weight is 321 g/mol. The largest absolute Gasteiger partial charge is 0.502 e. The second-order valence-electron chi connectivity index (χ2n) is 3.74. The summed E-state index contributed by atoms with van der Waals surface area (Å²) in [6, 6.07) is 11.5. The highest BCUT2D eigenvalue weighted by atomic mass is 79.9. The molecule has 6 heteroatoms. The third-order valence-electron chi connectivity index (χ3n) is 2.37. The molecular weight excluding hydrogens is 312 g/mol. The highest BCUT2D eigenvalue weighted by molar-refractivity contribution is 9.10. The summed E-state index contributed by atoms with van der Waals surface area (Å²) in [7, 11) is 0. The van der Waals surface area contributed by atoms with Crippen molar-refractivity contribution in [2.24, 2.45) is 4.99 Å². The molecule has 1 N–H and O–H groups in total. The quantitative estimate of drug-likeness (QED) is 0.530. The predicted octanol–water partition coefficient (Wildman–Crippen LogP) is 3.81. The number of nitro groups is 1. The molecule has 5 nitrogen and oxygen atoms in total. The molecule has 0 aliphatic heterocycles. The van der Waals surface area contributed by atoms with Gasteiger partial charge in [0.05, 0.1) is 10.6 Å². The molecule has 0 radical (unpaired) electrons. The van der Waals surface area contributed by atoms with Crippen molar-refractivity contribution in [1.29, 1.82) is 0 Å². The van der Waals surface area contributed by atoms with Gasteiger partial charge < -0.3 is 5.11 Å². The Morgan fingerprint density at radius 2 is 2.05 bits per heavy atom. The third kappa shape index (κ3) is 3.38. The molecule has 0 aromatic heterocycles. The molecule has 0 atom stereocenters. The normalized spacial score (nSPS) is 10.8. The molecule has 0 spiro atoms. The van der Waals surface area contributed by atoms with Crippen LogP contribution in [0.15, 0.2) is 51.9 Å². The minimum absolute atomic E-state index is 0.335. The van der Waals surface area contributed by atoms with Crippen molar-refractivity contribution in [2.75, 3.05) is 0 Å². The number of halogens is 1. The summed E-state index contributed by atoms with van der Waals surface area (Å²) >= 11 is 3.33. The van der Waals surface area contributed by atoms with Crippen LogP contribution in [0.5, 0.6) is 5.75 Å². The molecule has 2 aromatic carbocycles. The van der Waals surface area contributed by atoms with Gasteiger partial charge in [-0.15, -0.1) is 0 Å². The maximum atomic E-state index is 10.7. The summed E-state index contributed by atoms with van der Waals surface area (Å²) in [6.45, 7) is 0. The van der Waals surface area contributed by atoms with Gasteiger partial charge in [0.25, 0.3) is 0 Å². The van der Waals surface area contributed by atoms with Gasteiger partial charge >= 0.3 is 5.69 Å². The second-order valence-corrected chi connectivity index (χ2v) is 4.66. The number of hydrogen-bond donors (Lipinski definition) is 1. The van der Waals surface area contributed by atoms with Crippen molar-refractivity contribution < 1.29 is 10.0 Å². The fraction of sp³-hybridized carbons (Fsp3) is 0. The number of benzene rings is 2. The summed E-state index contributed by atoms with van der Waals surface area (Å²) in [4.78, 5) is 14.3.